The molecule has 3 aromatic rings. The monoisotopic (exact) mass is 489 g/mol. The van der Waals surface area contributed by atoms with Gasteiger partial charge in [-0.2, -0.15) is 10.2 Å². The van der Waals surface area contributed by atoms with E-state index in [2.05, 4.69) is 65.3 Å². The van der Waals surface area contributed by atoms with Gasteiger partial charge in [0.15, 0.2) is 0 Å². The van der Waals surface area contributed by atoms with Gasteiger partial charge in [-0.1, -0.05) is 56.7 Å². The molecule has 3 heterocycles. The summed E-state index contributed by atoms with van der Waals surface area (Å²) in [6.07, 6.45) is 9.56. The fourth-order valence-corrected chi connectivity index (χ4v) is 4.16. The van der Waals surface area contributed by atoms with Crippen LogP contribution in [0.4, 0.5) is 0 Å². The van der Waals surface area contributed by atoms with Gasteiger partial charge in [0.25, 0.3) is 0 Å². The van der Waals surface area contributed by atoms with Crippen molar-refractivity contribution in [1.29, 1.82) is 0 Å². The lowest BCUT2D eigenvalue weighted by Gasteiger charge is -2.24. The van der Waals surface area contributed by atoms with Gasteiger partial charge in [-0.15, -0.1) is 0 Å². The molecule has 1 fully saturated rings. The van der Waals surface area contributed by atoms with Crippen molar-refractivity contribution in [3.63, 3.8) is 0 Å². The fraction of sp³-hybridized carbons (Fsp3) is 0.414. The number of allylic oxidation sites excluding steroid dienone is 2. The van der Waals surface area contributed by atoms with Crippen LogP contribution in [-0.2, 0) is 6.54 Å². The predicted molar refractivity (Wildman–Crippen MR) is 154 cm³/mol. The van der Waals surface area contributed by atoms with Crippen molar-refractivity contribution in [2.75, 3.05) is 13.6 Å². The number of aliphatic imine (C=N–C) groups is 1. The average molecular weight is 490 g/mol. The van der Waals surface area contributed by atoms with Gasteiger partial charge in [-0.05, 0) is 62.9 Å². The maximum Gasteiger partial charge on any atom is 0.145 e. The number of aromatic nitrogens is 3. The molecule has 194 valence electrons. The minimum atomic E-state index is 0.297. The Morgan fingerprint density at radius 1 is 1.25 bits per heavy atom. The Labute approximate surface area is 216 Å². The van der Waals surface area contributed by atoms with Crippen LogP contribution < -0.4 is 11.1 Å². The fourth-order valence-electron chi connectivity index (χ4n) is 4.16. The Hall–Kier alpha value is -3.45. The number of nitrogens with two attached hydrogens (primary N) is 1. The quantitative estimate of drug-likeness (QED) is 0.339. The Balaban J connectivity index is 0.000000260. The molecule has 36 heavy (non-hydrogen) atoms. The number of rotatable bonds is 6. The summed E-state index contributed by atoms with van der Waals surface area (Å²) in [7, 11) is 1.70. The summed E-state index contributed by atoms with van der Waals surface area (Å²) < 4.78 is 3.79. The summed E-state index contributed by atoms with van der Waals surface area (Å²) in [6, 6.07) is 12.8. The predicted octanol–water partition coefficient (Wildman–Crippen LogP) is 5.79. The van der Waals surface area contributed by atoms with E-state index in [1.54, 1.807) is 7.05 Å². The molecule has 3 N–H and O–H groups in total. The second-order valence-electron chi connectivity index (χ2n) is 8.57. The summed E-state index contributed by atoms with van der Waals surface area (Å²) in [6.45, 7) is 15.8. The van der Waals surface area contributed by atoms with Gasteiger partial charge in [0, 0.05) is 31.6 Å². The summed E-state index contributed by atoms with van der Waals surface area (Å²) in [4.78, 5) is 4.14. The van der Waals surface area contributed by atoms with Crippen molar-refractivity contribution in [3.05, 3.63) is 82.9 Å². The first-order valence-electron chi connectivity index (χ1n) is 12.8. The first kappa shape index (κ1) is 28.8. The summed E-state index contributed by atoms with van der Waals surface area (Å²) in [5, 5.41) is 12.0. The van der Waals surface area contributed by atoms with Crippen molar-refractivity contribution in [1.82, 2.24) is 19.8 Å². The molecule has 1 aliphatic heterocycles. The van der Waals surface area contributed by atoms with Gasteiger partial charge in [0.2, 0.25) is 0 Å². The highest BCUT2D eigenvalue weighted by atomic mass is 15.4. The van der Waals surface area contributed by atoms with Crippen LogP contribution >= 0.6 is 0 Å². The molecule has 0 amide bonds. The number of hydrogen-bond acceptors (Lipinski definition) is 4. The van der Waals surface area contributed by atoms with Crippen LogP contribution in [0.2, 0.25) is 0 Å². The smallest absolute Gasteiger partial charge is 0.145 e. The number of hydrogen-bond donors (Lipinski definition) is 2. The zero-order valence-electron chi connectivity index (χ0n) is 22.8. The van der Waals surface area contributed by atoms with Gasteiger partial charge >= 0.3 is 0 Å². The van der Waals surface area contributed by atoms with Gasteiger partial charge < -0.3 is 11.1 Å². The molecule has 1 atom stereocenters. The number of piperidine rings is 1. The van der Waals surface area contributed by atoms with Crippen molar-refractivity contribution in [2.45, 2.75) is 66.5 Å². The van der Waals surface area contributed by atoms with E-state index >= 15 is 0 Å². The van der Waals surface area contributed by atoms with E-state index in [1.165, 1.54) is 24.0 Å². The molecule has 0 radical (unpaired) electrons. The van der Waals surface area contributed by atoms with Gasteiger partial charge in [-0.3, -0.25) is 9.67 Å². The highest BCUT2D eigenvalue weighted by Gasteiger charge is 2.24. The molecular weight excluding hydrogens is 446 g/mol. The van der Waals surface area contributed by atoms with E-state index < -0.39 is 0 Å². The molecule has 1 unspecified atom stereocenters. The summed E-state index contributed by atoms with van der Waals surface area (Å²) in [5.74, 6) is 0.487. The van der Waals surface area contributed by atoms with Crippen LogP contribution in [0.15, 0.2) is 65.0 Å². The summed E-state index contributed by atoms with van der Waals surface area (Å²) >= 11 is 0. The third-order valence-corrected chi connectivity index (χ3v) is 6.10. The van der Waals surface area contributed by atoms with Crippen molar-refractivity contribution >= 4 is 18.1 Å². The minimum Gasteiger partial charge on any atom is -0.382 e. The van der Waals surface area contributed by atoms with Crippen LogP contribution in [0.3, 0.4) is 0 Å². The molecule has 1 saturated heterocycles. The normalized spacial score (nSPS) is 15.9. The van der Waals surface area contributed by atoms with Crippen LogP contribution in [-0.4, -0.2) is 40.6 Å². The third kappa shape index (κ3) is 7.52. The number of benzene rings is 1. The third-order valence-electron chi connectivity index (χ3n) is 6.10. The molecular formula is C29H43N7. The van der Waals surface area contributed by atoms with Crippen LogP contribution in [0.25, 0.3) is 5.57 Å². The highest BCUT2D eigenvalue weighted by molar-refractivity contribution is 6.00. The number of nitrogens with zero attached hydrogens (tertiary/aromatic N) is 5. The first-order chi connectivity index (χ1) is 17.5. The van der Waals surface area contributed by atoms with Crippen LogP contribution in [0.1, 0.15) is 81.1 Å². The average Bonchev–Trinajstić information content (AvgIpc) is 3.53. The molecule has 7 nitrogen and oxygen atoms in total. The van der Waals surface area contributed by atoms with E-state index in [9.17, 15) is 0 Å². The Morgan fingerprint density at radius 3 is 2.50 bits per heavy atom. The standard InChI is InChI=1S/C16H25N5.C11H12N2.C2H6/c1-5-11(2)12-10-14(13-8-6-7-9-20-13)21(19-4)15(12)16(17)18-3;1-10-7-12-13(8-10)9-11-5-3-2-4-6-11;1-2/h5,10,13,20H,4,6-9H2,1-3H3,(H2,17,18);2-8H,9H2,1H3;1-2H3/b11-5+;;. The topological polar surface area (TPSA) is 85.5 Å². The van der Waals surface area contributed by atoms with E-state index in [-0.39, 0.29) is 0 Å². The SMILES string of the molecule is C=Nn1c(C2CCCCN2)cc(/C(C)=C/C)c1C(N)=NC.CC.Cc1cnn(Cc2ccccc2)c1. The number of aryl methyl sites for hydroxylation is 1. The minimum absolute atomic E-state index is 0.297. The molecule has 0 aliphatic carbocycles. The zero-order valence-corrected chi connectivity index (χ0v) is 22.8. The van der Waals surface area contributed by atoms with Crippen molar-refractivity contribution < 1.29 is 0 Å². The Kier molecular flexibility index (Phi) is 11.9. The molecule has 0 bridgehead atoms. The molecule has 1 aliphatic rings. The lowest BCUT2D eigenvalue weighted by atomic mass is 10.0. The summed E-state index contributed by atoms with van der Waals surface area (Å²) in [5.41, 5.74) is 12.8. The van der Waals surface area contributed by atoms with E-state index in [0.29, 0.717) is 11.9 Å². The van der Waals surface area contributed by atoms with Gasteiger partial charge in [0.05, 0.1) is 18.4 Å². The molecule has 0 saturated carbocycles. The number of nitrogens with one attached hydrogen (secondary N) is 1. The lowest BCUT2D eigenvalue weighted by molar-refractivity contribution is 0.397. The molecule has 0 spiro atoms. The van der Waals surface area contributed by atoms with Crippen LogP contribution in [0.5, 0.6) is 0 Å². The molecule has 2 aromatic heterocycles. The van der Waals surface area contributed by atoms with E-state index in [1.807, 2.05) is 60.7 Å². The van der Waals surface area contributed by atoms with Crippen LogP contribution in [0, 0.1) is 6.92 Å². The highest BCUT2D eigenvalue weighted by Crippen LogP contribution is 2.30. The van der Waals surface area contributed by atoms with E-state index in [0.717, 1.165) is 42.0 Å². The Bertz CT molecular complexity index is 1130. The van der Waals surface area contributed by atoms with Crippen molar-refractivity contribution in [2.24, 2.45) is 15.8 Å². The molecule has 4 rings (SSSR count). The van der Waals surface area contributed by atoms with Gasteiger partial charge in [0.1, 0.15) is 11.5 Å². The second kappa shape index (κ2) is 14.8. The molecule has 7 heteroatoms. The number of amidine groups is 1. The lowest BCUT2D eigenvalue weighted by Crippen LogP contribution is -2.29. The molecule has 1 aromatic carbocycles. The Morgan fingerprint density at radius 2 is 1.97 bits per heavy atom. The second-order valence-corrected chi connectivity index (χ2v) is 8.57. The van der Waals surface area contributed by atoms with Crippen molar-refractivity contribution in [3.8, 4) is 0 Å². The maximum atomic E-state index is 6.10. The maximum absolute atomic E-state index is 6.10. The zero-order chi connectivity index (χ0) is 26.5. The van der Waals surface area contributed by atoms with E-state index in [4.69, 9.17) is 5.73 Å². The van der Waals surface area contributed by atoms with Gasteiger partial charge in [-0.25, -0.2) is 4.68 Å². The largest absolute Gasteiger partial charge is 0.382 e. The first-order valence-corrected chi connectivity index (χ1v) is 12.8.